The van der Waals surface area contributed by atoms with E-state index in [4.69, 9.17) is 4.74 Å². The van der Waals surface area contributed by atoms with Crippen molar-refractivity contribution in [3.63, 3.8) is 0 Å². The third kappa shape index (κ3) is 2.96. The van der Waals surface area contributed by atoms with Gasteiger partial charge in [0.1, 0.15) is 0 Å². The van der Waals surface area contributed by atoms with E-state index in [1.807, 2.05) is 0 Å². The summed E-state index contributed by atoms with van der Waals surface area (Å²) >= 11 is 0. The van der Waals surface area contributed by atoms with Crippen molar-refractivity contribution >= 4 is 0 Å². The van der Waals surface area contributed by atoms with Gasteiger partial charge in [-0.15, -0.1) is 0 Å². The molecule has 1 heterocycles. The molecular formula is C12H25NO. The first-order valence-electron chi connectivity index (χ1n) is 5.97. The van der Waals surface area contributed by atoms with Gasteiger partial charge in [-0.25, -0.2) is 0 Å². The zero-order valence-corrected chi connectivity index (χ0v) is 10.0. The highest BCUT2D eigenvalue weighted by atomic mass is 16.5. The zero-order chi connectivity index (χ0) is 10.6. The Morgan fingerprint density at radius 3 is 2.64 bits per heavy atom. The van der Waals surface area contributed by atoms with Crippen LogP contribution in [0.15, 0.2) is 0 Å². The van der Waals surface area contributed by atoms with Crippen molar-refractivity contribution in [1.82, 2.24) is 5.32 Å². The van der Waals surface area contributed by atoms with Gasteiger partial charge in [-0.2, -0.15) is 0 Å². The van der Waals surface area contributed by atoms with Gasteiger partial charge in [-0.1, -0.05) is 27.2 Å². The van der Waals surface area contributed by atoms with E-state index in [-0.39, 0.29) is 0 Å². The smallest absolute Gasteiger partial charge is 0.0754 e. The van der Waals surface area contributed by atoms with Crippen molar-refractivity contribution in [1.29, 1.82) is 0 Å². The maximum absolute atomic E-state index is 5.80. The van der Waals surface area contributed by atoms with Crippen LogP contribution < -0.4 is 5.32 Å². The zero-order valence-electron chi connectivity index (χ0n) is 10.0. The van der Waals surface area contributed by atoms with Crippen LogP contribution in [0, 0.1) is 11.8 Å². The Morgan fingerprint density at radius 1 is 1.50 bits per heavy atom. The van der Waals surface area contributed by atoms with E-state index in [0.717, 1.165) is 18.4 Å². The highest BCUT2D eigenvalue weighted by Gasteiger charge is 2.31. The summed E-state index contributed by atoms with van der Waals surface area (Å²) in [6, 6.07) is 0.544. The van der Waals surface area contributed by atoms with Crippen LogP contribution in [-0.2, 0) is 4.74 Å². The third-order valence-corrected chi connectivity index (χ3v) is 3.56. The van der Waals surface area contributed by atoms with Crippen LogP contribution in [0.3, 0.4) is 0 Å². The van der Waals surface area contributed by atoms with Crippen LogP contribution in [0.2, 0.25) is 0 Å². The molecule has 0 aromatic carbocycles. The second-order valence-corrected chi connectivity index (χ2v) is 4.75. The van der Waals surface area contributed by atoms with E-state index in [0.29, 0.717) is 12.1 Å². The fourth-order valence-electron chi connectivity index (χ4n) is 2.25. The molecule has 1 saturated heterocycles. The van der Waals surface area contributed by atoms with Crippen molar-refractivity contribution in [2.75, 3.05) is 13.7 Å². The van der Waals surface area contributed by atoms with Gasteiger partial charge in [0, 0.05) is 12.6 Å². The van der Waals surface area contributed by atoms with E-state index >= 15 is 0 Å². The van der Waals surface area contributed by atoms with Crippen LogP contribution >= 0.6 is 0 Å². The normalized spacial score (nSPS) is 31.7. The van der Waals surface area contributed by atoms with Gasteiger partial charge in [0.05, 0.1) is 6.10 Å². The number of nitrogens with one attached hydrogen (secondary N) is 1. The van der Waals surface area contributed by atoms with E-state index in [1.54, 1.807) is 0 Å². The molecular weight excluding hydrogens is 174 g/mol. The molecule has 14 heavy (non-hydrogen) atoms. The van der Waals surface area contributed by atoms with Crippen LogP contribution in [0.5, 0.6) is 0 Å². The number of rotatable bonds is 5. The van der Waals surface area contributed by atoms with E-state index in [9.17, 15) is 0 Å². The average Bonchev–Trinajstić information content (AvgIpc) is 2.60. The summed E-state index contributed by atoms with van der Waals surface area (Å²) in [6.45, 7) is 7.84. The second kappa shape index (κ2) is 5.72. The summed E-state index contributed by atoms with van der Waals surface area (Å²) in [5, 5.41) is 3.41. The molecule has 1 rings (SSSR count). The molecule has 0 aromatic rings. The number of hydrogen-bond donors (Lipinski definition) is 1. The van der Waals surface area contributed by atoms with Gasteiger partial charge >= 0.3 is 0 Å². The summed E-state index contributed by atoms with van der Waals surface area (Å²) in [7, 11) is 2.06. The molecule has 84 valence electrons. The molecule has 0 amide bonds. The van der Waals surface area contributed by atoms with Crippen molar-refractivity contribution in [2.45, 2.75) is 52.2 Å². The number of hydrogen-bond acceptors (Lipinski definition) is 2. The first kappa shape index (κ1) is 12.0. The molecule has 0 spiro atoms. The van der Waals surface area contributed by atoms with Gasteiger partial charge in [-0.3, -0.25) is 0 Å². The Bertz CT molecular complexity index is 160. The lowest BCUT2D eigenvalue weighted by Gasteiger charge is -2.27. The highest BCUT2D eigenvalue weighted by molar-refractivity contribution is 4.84. The summed E-state index contributed by atoms with van der Waals surface area (Å²) in [5.41, 5.74) is 0. The van der Waals surface area contributed by atoms with Crippen molar-refractivity contribution in [2.24, 2.45) is 11.8 Å². The lowest BCUT2D eigenvalue weighted by molar-refractivity contribution is 0.0558. The minimum atomic E-state index is 0.439. The van der Waals surface area contributed by atoms with Crippen molar-refractivity contribution < 1.29 is 4.74 Å². The molecule has 1 fully saturated rings. The lowest BCUT2D eigenvalue weighted by Crippen LogP contribution is -2.41. The van der Waals surface area contributed by atoms with E-state index < -0.39 is 0 Å². The summed E-state index contributed by atoms with van der Waals surface area (Å²) < 4.78 is 5.80. The van der Waals surface area contributed by atoms with Gasteiger partial charge in [0.15, 0.2) is 0 Å². The predicted octanol–water partition coefficient (Wildman–Crippen LogP) is 2.44. The minimum absolute atomic E-state index is 0.439. The summed E-state index contributed by atoms with van der Waals surface area (Å²) in [6.07, 6.45) is 4.17. The second-order valence-electron chi connectivity index (χ2n) is 4.75. The molecule has 0 bridgehead atoms. The number of likely N-dealkylation sites (N-methyl/N-ethyl adjacent to an activating group) is 1. The molecule has 0 saturated carbocycles. The van der Waals surface area contributed by atoms with Gasteiger partial charge < -0.3 is 10.1 Å². The lowest BCUT2D eigenvalue weighted by atomic mass is 9.90. The SMILES string of the molecule is CCC(C)CC(NC)C1OCCC1C. The number of ether oxygens (including phenoxy) is 1. The summed E-state index contributed by atoms with van der Waals surface area (Å²) in [4.78, 5) is 0. The minimum Gasteiger partial charge on any atom is -0.376 e. The summed E-state index contributed by atoms with van der Waals surface area (Å²) in [5.74, 6) is 1.51. The van der Waals surface area contributed by atoms with Crippen LogP contribution in [-0.4, -0.2) is 25.8 Å². The van der Waals surface area contributed by atoms with Crippen LogP contribution in [0.25, 0.3) is 0 Å². The largest absolute Gasteiger partial charge is 0.376 e. The molecule has 1 aliphatic rings. The Kier molecular flexibility index (Phi) is 4.90. The fraction of sp³-hybridized carbons (Fsp3) is 1.00. The van der Waals surface area contributed by atoms with E-state index in [2.05, 4.69) is 33.1 Å². The molecule has 4 unspecified atom stereocenters. The molecule has 0 radical (unpaired) electrons. The van der Waals surface area contributed by atoms with Gasteiger partial charge in [0.2, 0.25) is 0 Å². The first-order valence-corrected chi connectivity index (χ1v) is 5.97. The molecule has 4 atom stereocenters. The maximum Gasteiger partial charge on any atom is 0.0754 e. The first-order chi connectivity index (χ1) is 6.69. The maximum atomic E-state index is 5.80. The topological polar surface area (TPSA) is 21.3 Å². The molecule has 2 heteroatoms. The Morgan fingerprint density at radius 2 is 2.21 bits per heavy atom. The quantitative estimate of drug-likeness (QED) is 0.734. The standard InChI is InChI=1S/C12H25NO/c1-5-9(2)8-11(13-4)12-10(3)6-7-14-12/h9-13H,5-8H2,1-4H3. The van der Waals surface area contributed by atoms with Gasteiger partial charge in [-0.05, 0) is 31.7 Å². The Balaban J connectivity index is 2.44. The average molecular weight is 199 g/mol. The Hall–Kier alpha value is -0.0800. The highest BCUT2D eigenvalue weighted by Crippen LogP contribution is 2.26. The van der Waals surface area contributed by atoms with Crippen LogP contribution in [0.1, 0.15) is 40.0 Å². The van der Waals surface area contributed by atoms with Gasteiger partial charge in [0.25, 0.3) is 0 Å². The molecule has 0 aromatic heterocycles. The van der Waals surface area contributed by atoms with E-state index in [1.165, 1.54) is 19.3 Å². The molecule has 0 aliphatic carbocycles. The van der Waals surface area contributed by atoms with Crippen LogP contribution in [0.4, 0.5) is 0 Å². The fourth-order valence-corrected chi connectivity index (χ4v) is 2.25. The molecule has 2 nitrogen and oxygen atoms in total. The predicted molar refractivity (Wildman–Crippen MR) is 60.4 cm³/mol. The van der Waals surface area contributed by atoms with Crippen molar-refractivity contribution in [3.05, 3.63) is 0 Å². The Labute approximate surface area is 88.4 Å². The molecule has 1 N–H and O–H groups in total. The molecule has 1 aliphatic heterocycles. The third-order valence-electron chi connectivity index (χ3n) is 3.56. The monoisotopic (exact) mass is 199 g/mol. The van der Waals surface area contributed by atoms with Crippen molar-refractivity contribution in [3.8, 4) is 0 Å².